The quantitative estimate of drug-likeness (QED) is 0.776. The van der Waals surface area contributed by atoms with Gasteiger partial charge in [0.25, 0.3) is 5.91 Å². The summed E-state index contributed by atoms with van der Waals surface area (Å²) in [5.41, 5.74) is 0.602. The highest BCUT2D eigenvalue weighted by molar-refractivity contribution is 5.94. The van der Waals surface area contributed by atoms with Crippen molar-refractivity contribution in [2.75, 3.05) is 32.8 Å². The van der Waals surface area contributed by atoms with Crippen LogP contribution in [0.1, 0.15) is 30.1 Å². The third kappa shape index (κ3) is 4.13. The second-order valence-corrected chi connectivity index (χ2v) is 4.72. The van der Waals surface area contributed by atoms with Crippen LogP contribution in [0.5, 0.6) is 11.5 Å². The Bertz CT molecular complexity index is 449. The molecule has 5 nitrogen and oxygen atoms in total. The molecule has 0 atom stereocenters. The number of hydrogen-bond donors (Lipinski definition) is 2. The van der Waals surface area contributed by atoms with Crippen LogP contribution >= 0.6 is 0 Å². The van der Waals surface area contributed by atoms with Crippen LogP contribution < -0.4 is 20.1 Å². The molecule has 1 heterocycles. The van der Waals surface area contributed by atoms with Crippen LogP contribution in [-0.4, -0.2) is 38.8 Å². The summed E-state index contributed by atoms with van der Waals surface area (Å²) < 4.78 is 11.1. The van der Waals surface area contributed by atoms with Crippen molar-refractivity contribution in [3.05, 3.63) is 23.8 Å². The van der Waals surface area contributed by atoms with E-state index in [2.05, 4.69) is 17.6 Å². The standard InChI is InChI=1S/C15H22N2O3/c1-2-6-16-7-8-17-15(18)12-4-5-13-14(11-12)20-10-3-9-19-13/h4-5,11,16H,2-3,6-10H2,1H3,(H,17,18). The Morgan fingerprint density at radius 2 is 1.95 bits per heavy atom. The number of rotatable bonds is 6. The van der Waals surface area contributed by atoms with Crippen molar-refractivity contribution >= 4 is 5.91 Å². The second kappa shape index (κ2) is 7.75. The van der Waals surface area contributed by atoms with E-state index in [1.807, 2.05) is 0 Å². The van der Waals surface area contributed by atoms with E-state index in [0.29, 0.717) is 36.8 Å². The Kier molecular flexibility index (Phi) is 5.68. The van der Waals surface area contributed by atoms with Crippen molar-refractivity contribution in [3.63, 3.8) is 0 Å². The summed E-state index contributed by atoms with van der Waals surface area (Å²) in [5, 5.41) is 6.12. The fourth-order valence-corrected chi connectivity index (χ4v) is 1.97. The van der Waals surface area contributed by atoms with Gasteiger partial charge in [0.2, 0.25) is 0 Å². The number of carbonyl (C=O) groups is 1. The predicted molar refractivity (Wildman–Crippen MR) is 77.5 cm³/mol. The smallest absolute Gasteiger partial charge is 0.251 e. The fraction of sp³-hybridized carbons (Fsp3) is 0.533. The van der Waals surface area contributed by atoms with Crippen LogP contribution in [0.4, 0.5) is 0 Å². The molecule has 1 aliphatic rings. The van der Waals surface area contributed by atoms with Crippen LogP contribution in [-0.2, 0) is 0 Å². The van der Waals surface area contributed by atoms with E-state index in [4.69, 9.17) is 9.47 Å². The zero-order valence-electron chi connectivity index (χ0n) is 11.9. The first kappa shape index (κ1) is 14.7. The molecule has 0 aromatic heterocycles. The van der Waals surface area contributed by atoms with Gasteiger partial charge in [-0.15, -0.1) is 0 Å². The third-order valence-electron chi connectivity index (χ3n) is 3.02. The lowest BCUT2D eigenvalue weighted by molar-refractivity contribution is 0.0953. The van der Waals surface area contributed by atoms with E-state index in [9.17, 15) is 4.79 Å². The lowest BCUT2D eigenvalue weighted by Crippen LogP contribution is -2.32. The van der Waals surface area contributed by atoms with Gasteiger partial charge in [-0.2, -0.15) is 0 Å². The minimum absolute atomic E-state index is 0.0843. The summed E-state index contributed by atoms with van der Waals surface area (Å²) in [7, 11) is 0. The van der Waals surface area contributed by atoms with Gasteiger partial charge in [0.1, 0.15) is 0 Å². The van der Waals surface area contributed by atoms with E-state index in [0.717, 1.165) is 25.9 Å². The molecule has 2 rings (SSSR count). The Morgan fingerprint density at radius 1 is 1.15 bits per heavy atom. The van der Waals surface area contributed by atoms with E-state index < -0.39 is 0 Å². The highest BCUT2D eigenvalue weighted by atomic mass is 16.5. The van der Waals surface area contributed by atoms with E-state index >= 15 is 0 Å². The Morgan fingerprint density at radius 3 is 2.75 bits per heavy atom. The fourth-order valence-electron chi connectivity index (χ4n) is 1.97. The second-order valence-electron chi connectivity index (χ2n) is 4.72. The van der Waals surface area contributed by atoms with Gasteiger partial charge < -0.3 is 20.1 Å². The van der Waals surface area contributed by atoms with Crippen LogP contribution in [0.25, 0.3) is 0 Å². The van der Waals surface area contributed by atoms with Gasteiger partial charge in [0, 0.05) is 25.1 Å². The van der Waals surface area contributed by atoms with Gasteiger partial charge in [0.15, 0.2) is 11.5 Å². The zero-order chi connectivity index (χ0) is 14.2. The normalized spacial score (nSPS) is 13.7. The zero-order valence-corrected chi connectivity index (χ0v) is 11.9. The van der Waals surface area contributed by atoms with E-state index in [1.54, 1.807) is 18.2 Å². The number of ether oxygens (including phenoxy) is 2. The van der Waals surface area contributed by atoms with Gasteiger partial charge in [-0.1, -0.05) is 6.92 Å². The maximum atomic E-state index is 12.0. The lowest BCUT2D eigenvalue weighted by atomic mass is 10.2. The van der Waals surface area contributed by atoms with Crippen molar-refractivity contribution in [3.8, 4) is 11.5 Å². The summed E-state index contributed by atoms with van der Waals surface area (Å²) in [6.45, 7) is 5.77. The first-order valence-corrected chi connectivity index (χ1v) is 7.20. The molecule has 1 aromatic carbocycles. The Hall–Kier alpha value is -1.75. The van der Waals surface area contributed by atoms with Gasteiger partial charge in [0.05, 0.1) is 13.2 Å². The molecule has 0 radical (unpaired) electrons. The molecule has 110 valence electrons. The number of nitrogens with one attached hydrogen (secondary N) is 2. The molecule has 0 aliphatic carbocycles. The maximum Gasteiger partial charge on any atom is 0.251 e. The molecule has 0 unspecified atom stereocenters. The van der Waals surface area contributed by atoms with Crippen LogP contribution in [0.15, 0.2) is 18.2 Å². The number of amides is 1. The molecule has 0 spiro atoms. The van der Waals surface area contributed by atoms with Crippen molar-refractivity contribution in [2.45, 2.75) is 19.8 Å². The SMILES string of the molecule is CCCNCCNC(=O)c1ccc2c(c1)OCCCO2. The minimum Gasteiger partial charge on any atom is -0.490 e. The lowest BCUT2D eigenvalue weighted by Gasteiger charge is -2.10. The number of fused-ring (bicyclic) bond motifs is 1. The van der Waals surface area contributed by atoms with Crippen LogP contribution in [0.3, 0.4) is 0 Å². The topological polar surface area (TPSA) is 59.6 Å². The summed E-state index contributed by atoms with van der Waals surface area (Å²) in [6, 6.07) is 5.31. The van der Waals surface area contributed by atoms with Crippen LogP contribution in [0.2, 0.25) is 0 Å². The van der Waals surface area contributed by atoms with E-state index in [-0.39, 0.29) is 5.91 Å². The monoisotopic (exact) mass is 278 g/mol. The van der Waals surface area contributed by atoms with Gasteiger partial charge in [-0.3, -0.25) is 4.79 Å². The molecular formula is C15H22N2O3. The first-order chi connectivity index (χ1) is 9.81. The first-order valence-electron chi connectivity index (χ1n) is 7.20. The maximum absolute atomic E-state index is 12.0. The molecule has 5 heteroatoms. The molecule has 0 saturated carbocycles. The molecule has 2 N–H and O–H groups in total. The Labute approximate surface area is 119 Å². The molecular weight excluding hydrogens is 256 g/mol. The molecule has 0 saturated heterocycles. The highest BCUT2D eigenvalue weighted by Crippen LogP contribution is 2.30. The molecule has 1 aliphatic heterocycles. The van der Waals surface area contributed by atoms with Crippen LogP contribution in [0, 0.1) is 0 Å². The average Bonchev–Trinajstić information content (AvgIpc) is 2.71. The Balaban J connectivity index is 1.88. The molecule has 0 fully saturated rings. The summed E-state index contributed by atoms with van der Waals surface area (Å²) in [5.74, 6) is 1.28. The molecule has 1 amide bonds. The van der Waals surface area contributed by atoms with Crippen molar-refractivity contribution < 1.29 is 14.3 Å². The van der Waals surface area contributed by atoms with Crippen molar-refractivity contribution in [2.24, 2.45) is 0 Å². The number of carbonyl (C=O) groups excluding carboxylic acids is 1. The van der Waals surface area contributed by atoms with Crippen molar-refractivity contribution in [1.29, 1.82) is 0 Å². The summed E-state index contributed by atoms with van der Waals surface area (Å²) >= 11 is 0. The average molecular weight is 278 g/mol. The molecule has 1 aromatic rings. The predicted octanol–water partition coefficient (Wildman–Crippen LogP) is 1.58. The largest absolute Gasteiger partial charge is 0.490 e. The number of benzene rings is 1. The number of hydrogen-bond acceptors (Lipinski definition) is 4. The van der Waals surface area contributed by atoms with E-state index in [1.165, 1.54) is 0 Å². The van der Waals surface area contributed by atoms with Gasteiger partial charge >= 0.3 is 0 Å². The molecule has 20 heavy (non-hydrogen) atoms. The minimum atomic E-state index is -0.0843. The summed E-state index contributed by atoms with van der Waals surface area (Å²) in [6.07, 6.45) is 1.95. The van der Waals surface area contributed by atoms with Crippen molar-refractivity contribution in [1.82, 2.24) is 10.6 Å². The summed E-state index contributed by atoms with van der Waals surface area (Å²) in [4.78, 5) is 12.0. The molecule has 0 bridgehead atoms. The highest BCUT2D eigenvalue weighted by Gasteiger charge is 2.13. The van der Waals surface area contributed by atoms with Gasteiger partial charge in [-0.25, -0.2) is 0 Å². The van der Waals surface area contributed by atoms with Gasteiger partial charge in [-0.05, 0) is 31.2 Å². The third-order valence-corrected chi connectivity index (χ3v) is 3.02.